The van der Waals surface area contributed by atoms with E-state index in [2.05, 4.69) is 25.5 Å². The van der Waals surface area contributed by atoms with Crippen LogP contribution in [0.5, 0.6) is 0 Å². The first kappa shape index (κ1) is 19.8. The molecule has 2 aliphatic heterocycles. The number of alkyl halides is 2. The zero-order valence-electron chi connectivity index (χ0n) is 16.7. The van der Waals surface area contributed by atoms with Gasteiger partial charge in [0.2, 0.25) is 0 Å². The largest absolute Gasteiger partial charge is 0.369 e. The summed E-state index contributed by atoms with van der Waals surface area (Å²) in [6.07, 6.45) is 4.00. The predicted molar refractivity (Wildman–Crippen MR) is 116 cm³/mol. The molecule has 30 heavy (non-hydrogen) atoms. The Hall–Kier alpha value is -2.19. The fourth-order valence-corrected chi connectivity index (χ4v) is 4.41. The van der Waals surface area contributed by atoms with Crippen molar-refractivity contribution in [1.82, 2.24) is 15.3 Å². The number of nitrogens with one attached hydrogen (secondary N) is 2. The number of piperazine rings is 1. The molecule has 9 heteroatoms. The van der Waals surface area contributed by atoms with Crippen LogP contribution < -0.4 is 20.4 Å². The summed E-state index contributed by atoms with van der Waals surface area (Å²) in [7, 11) is 0. The van der Waals surface area contributed by atoms with Gasteiger partial charge in [0.05, 0.1) is 6.54 Å². The minimum absolute atomic E-state index is 0.144. The number of hydrogen-bond acceptors (Lipinski definition) is 6. The number of aromatic nitrogens is 2. The molecule has 2 saturated heterocycles. The molecule has 0 unspecified atom stereocenters. The first-order valence-corrected chi connectivity index (χ1v) is 10.9. The highest BCUT2D eigenvalue weighted by Gasteiger charge is 2.39. The molecule has 1 aliphatic carbocycles. The minimum atomic E-state index is -2.67. The van der Waals surface area contributed by atoms with Crippen LogP contribution in [-0.4, -0.2) is 55.2 Å². The molecule has 2 aromatic rings. The van der Waals surface area contributed by atoms with Crippen molar-refractivity contribution in [3.8, 4) is 0 Å². The van der Waals surface area contributed by atoms with Crippen molar-refractivity contribution >= 4 is 34.7 Å². The molecule has 160 valence electrons. The third kappa shape index (κ3) is 4.30. The molecule has 0 aromatic carbocycles. The van der Waals surface area contributed by atoms with Gasteiger partial charge in [-0.25, -0.2) is 18.7 Å². The quantitative estimate of drug-likeness (QED) is 0.741. The van der Waals surface area contributed by atoms with Crippen molar-refractivity contribution < 1.29 is 8.78 Å². The smallest absolute Gasteiger partial charge is 0.266 e. The molecule has 4 heterocycles. The van der Waals surface area contributed by atoms with E-state index in [1.807, 2.05) is 24.4 Å². The second-order valence-corrected chi connectivity index (χ2v) is 8.73. The van der Waals surface area contributed by atoms with Crippen molar-refractivity contribution in [3.05, 3.63) is 35.0 Å². The van der Waals surface area contributed by atoms with Crippen molar-refractivity contribution in [2.45, 2.75) is 31.1 Å². The van der Waals surface area contributed by atoms with Crippen LogP contribution in [0.2, 0.25) is 5.02 Å². The lowest BCUT2D eigenvalue weighted by atomic mass is 10.2. The molecule has 2 N–H and O–H groups in total. The van der Waals surface area contributed by atoms with E-state index in [0.717, 1.165) is 50.3 Å². The van der Waals surface area contributed by atoms with Gasteiger partial charge in [-0.1, -0.05) is 11.6 Å². The van der Waals surface area contributed by atoms with Gasteiger partial charge in [0.15, 0.2) is 0 Å². The first-order valence-electron chi connectivity index (χ1n) is 10.5. The molecule has 5 rings (SSSR count). The second kappa shape index (κ2) is 7.81. The zero-order chi connectivity index (χ0) is 20.7. The number of anilines is 4. The van der Waals surface area contributed by atoms with Crippen LogP contribution in [0.3, 0.4) is 0 Å². The summed E-state index contributed by atoms with van der Waals surface area (Å²) in [5.74, 6) is -0.400. The van der Waals surface area contributed by atoms with E-state index in [9.17, 15) is 8.78 Å². The normalized spacial score (nSPS) is 21.2. The van der Waals surface area contributed by atoms with Crippen LogP contribution in [0.4, 0.5) is 31.9 Å². The Kier molecular flexibility index (Phi) is 5.14. The average molecular weight is 435 g/mol. The Morgan fingerprint density at radius 1 is 1.07 bits per heavy atom. The van der Waals surface area contributed by atoms with E-state index in [0.29, 0.717) is 34.9 Å². The lowest BCUT2D eigenvalue weighted by Crippen LogP contribution is -2.43. The monoisotopic (exact) mass is 434 g/mol. The van der Waals surface area contributed by atoms with E-state index in [1.165, 1.54) is 0 Å². The molecule has 0 amide bonds. The van der Waals surface area contributed by atoms with Gasteiger partial charge in [0.25, 0.3) is 5.92 Å². The lowest BCUT2D eigenvalue weighted by molar-refractivity contribution is 0.0256. The maximum absolute atomic E-state index is 13.8. The van der Waals surface area contributed by atoms with Gasteiger partial charge in [-0.3, -0.25) is 0 Å². The van der Waals surface area contributed by atoms with E-state index in [-0.39, 0.29) is 13.0 Å². The van der Waals surface area contributed by atoms with E-state index in [4.69, 9.17) is 11.6 Å². The number of rotatable bonds is 5. The zero-order valence-corrected chi connectivity index (χ0v) is 17.4. The highest BCUT2D eigenvalue weighted by atomic mass is 35.5. The predicted octanol–water partition coefficient (Wildman–Crippen LogP) is 4.01. The Morgan fingerprint density at radius 3 is 2.53 bits per heavy atom. The van der Waals surface area contributed by atoms with Gasteiger partial charge in [0.1, 0.15) is 17.5 Å². The number of pyridine rings is 2. The molecule has 0 spiro atoms. The maximum atomic E-state index is 13.8. The summed E-state index contributed by atoms with van der Waals surface area (Å²) in [5.41, 5.74) is 2.06. The van der Waals surface area contributed by atoms with Crippen LogP contribution in [0.15, 0.2) is 24.4 Å². The summed E-state index contributed by atoms with van der Waals surface area (Å²) in [6, 6.07) is 5.68. The molecule has 0 atom stereocenters. The fraction of sp³-hybridized carbons (Fsp3) is 0.524. The first-order chi connectivity index (χ1) is 14.5. The summed E-state index contributed by atoms with van der Waals surface area (Å²) in [6.45, 7) is 3.50. The third-order valence-corrected chi connectivity index (χ3v) is 6.25. The standard InChI is InChI=1S/C21H25ClF2N6/c22-17-11-18(26-12-16(17)14-1-2-14)27-19-9-15(29-7-4-25-5-8-29)10-20(28-19)30-6-3-21(23,24)13-30/h9-12,14,25H,1-8,13H2,(H,26,27,28). The Labute approximate surface area is 179 Å². The molecule has 1 saturated carbocycles. The minimum Gasteiger partial charge on any atom is -0.369 e. The Balaban J connectivity index is 1.44. The third-order valence-electron chi connectivity index (χ3n) is 5.93. The van der Waals surface area contributed by atoms with Gasteiger partial charge < -0.3 is 20.4 Å². The fourth-order valence-electron chi connectivity index (χ4n) is 4.10. The summed E-state index contributed by atoms with van der Waals surface area (Å²) in [4.78, 5) is 13.0. The number of hydrogen-bond donors (Lipinski definition) is 2. The van der Waals surface area contributed by atoms with E-state index >= 15 is 0 Å². The average Bonchev–Trinajstić information content (AvgIpc) is 3.50. The summed E-state index contributed by atoms with van der Waals surface area (Å²) < 4.78 is 27.6. The summed E-state index contributed by atoms with van der Waals surface area (Å²) in [5, 5.41) is 7.27. The van der Waals surface area contributed by atoms with Gasteiger partial charge in [-0.15, -0.1) is 0 Å². The van der Waals surface area contributed by atoms with Gasteiger partial charge >= 0.3 is 0 Å². The van der Waals surface area contributed by atoms with Crippen LogP contribution in [0.1, 0.15) is 30.7 Å². The molecular formula is C21H25ClF2N6. The van der Waals surface area contributed by atoms with Crippen molar-refractivity contribution in [3.63, 3.8) is 0 Å². The van der Waals surface area contributed by atoms with Crippen LogP contribution in [0.25, 0.3) is 0 Å². The van der Waals surface area contributed by atoms with Crippen molar-refractivity contribution in [2.24, 2.45) is 0 Å². The summed E-state index contributed by atoms with van der Waals surface area (Å²) >= 11 is 6.44. The maximum Gasteiger partial charge on any atom is 0.266 e. The highest BCUT2D eigenvalue weighted by molar-refractivity contribution is 6.31. The van der Waals surface area contributed by atoms with E-state index < -0.39 is 5.92 Å². The second-order valence-electron chi connectivity index (χ2n) is 8.32. The van der Waals surface area contributed by atoms with Crippen molar-refractivity contribution in [2.75, 3.05) is 54.4 Å². The van der Waals surface area contributed by atoms with E-state index in [1.54, 1.807) is 4.90 Å². The molecule has 3 fully saturated rings. The van der Waals surface area contributed by atoms with Crippen LogP contribution >= 0.6 is 11.6 Å². The Bertz CT molecular complexity index is 930. The molecule has 3 aliphatic rings. The van der Waals surface area contributed by atoms with Gasteiger partial charge in [-0.2, -0.15) is 0 Å². The molecule has 2 aromatic heterocycles. The van der Waals surface area contributed by atoms with Crippen LogP contribution in [-0.2, 0) is 0 Å². The molecule has 0 bridgehead atoms. The van der Waals surface area contributed by atoms with Crippen LogP contribution in [0, 0.1) is 0 Å². The Morgan fingerprint density at radius 2 is 1.87 bits per heavy atom. The van der Waals surface area contributed by atoms with Crippen molar-refractivity contribution in [1.29, 1.82) is 0 Å². The number of nitrogens with zero attached hydrogens (tertiary/aromatic N) is 4. The lowest BCUT2D eigenvalue weighted by Gasteiger charge is -2.30. The van der Waals surface area contributed by atoms with Gasteiger partial charge in [-0.05, 0) is 30.4 Å². The highest BCUT2D eigenvalue weighted by Crippen LogP contribution is 2.43. The SMILES string of the molecule is FC1(F)CCN(c2cc(N3CCNCC3)cc(Nc3cc(Cl)c(C4CC4)cn3)n2)C1. The molecule has 0 radical (unpaired) electrons. The van der Waals surface area contributed by atoms with Gasteiger partial charge in [0, 0.05) is 68.2 Å². The topological polar surface area (TPSA) is 56.3 Å². The number of halogens is 3. The molecule has 6 nitrogen and oxygen atoms in total. The molecular weight excluding hydrogens is 410 g/mol.